The highest BCUT2D eigenvalue weighted by Crippen LogP contribution is 2.08. The van der Waals surface area contributed by atoms with Crippen molar-refractivity contribution < 1.29 is 5.21 Å². The van der Waals surface area contributed by atoms with Gasteiger partial charge >= 0.3 is 0 Å². The van der Waals surface area contributed by atoms with Crippen molar-refractivity contribution in [2.75, 3.05) is 7.05 Å². The van der Waals surface area contributed by atoms with Gasteiger partial charge < -0.3 is 10.9 Å². The van der Waals surface area contributed by atoms with Gasteiger partial charge in [0.15, 0.2) is 0 Å². The molecule has 0 aliphatic heterocycles. The van der Waals surface area contributed by atoms with Crippen LogP contribution in [0.2, 0.25) is 0 Å². The highest BCUT2D eigenvalue weighted by Gasteiger charge is 2.12. The molecule has 3 N–H and O–H groups in total. The molecule has 1 heterocycles. The molecule has 0 aliphatic rings. The third-order valence-corrected chi connectivity index (χ3v) is 2.92. The summed E-state index contributed by atoms with van der Waals surface area (Å²) in [5.74, 6) is 0.257. The number of rotatable bonds is 5. The maximum absolute atomic E-state index is 8.46. The lowest BCUT2D eigenvalue weighted by molar-refractivity contribution is 0.248. The molecule has 0 aliphatic carbocycles. The molecule has 15 heavy (non-hydrogen) atoms. The molecule has 6 heteroatoms. The first-order valence-electron chi connectivity index (χ1n) is 4.67. The molecule has 0 saturated carbocycles. The molecule has 1 atom stereocenters. The van der Waals surface area contributed by atoms with Crippen LogP contribution in [0.25, 0.3) is 0 Å². The van der Waals surface area contributed by atoms with E-state index in [9.17, 15) is 0 Å². The van der Waals surface area contributed by atoms with E-state index in [1.807, 2.05) is 24.9 Å². The lowest BCUT2D eigenvalue weighted by Crippen LogP contribution is -2.32. The summed E-state index contributed by atoms with van der Waals surface area (Å²) in [6, 6.07) is 0.225. The smallest absolute Gasteiger partial charge is 0.140 e. The number of nitrogens with zero attached hydrogens (tertiary/aromatic N) is 3. The van der Waals surface area contributed by atoms with Crippen LogP contribution in [0, 0.1) is 0 Å². The second kappa shape index (κ2) is 5.67. The lowest BCUT2D eigenvalue weighted by atomic mass is 10.2. The van der Waals surface area contributed by atoms with Crippen molar-refractivity contribution in [3.63, 3.8) is 0 Å². The Hall–Kier alpha value is -1.14. The number of hydrogen-bond acceptors (Lipinski definition) is 5. The quantitative estimate of drug-likeness (QED) is 0.342. The van der Waals surface area contributed by atoms with Crippen molar-refractivity contribution in [2.24, 2.45) is 10.9 Å². The third kappa shape index (κ3) is 3.85. The van der Waals surface area contributed by atoms with Gasteiger partial charge in [-0.15, -0.1) is 11.3 Å². The van der Waals surface area contributed by atoms with E-state index in [1.54, 1.807) is 11.3 Å². The Morgan fingerprint density at radius 3 is 3.07 bits per heavy atom. The van der Waals surface area contributed by atoms with Gasteiger partial charge in [-0.2, -0.15) is 0 Å². The summed E-state index contributed by atoms with van der Waals surface area (Å²) in [5, 5.41) is 13.4. The molecule has 0 fully saturated rings. The predicted octanol–water partition coefficient (Wildman–Crippen LogP) is 1.10. The van der Waals surface area contributed by atoms with E-state index in [4.69, 9.17) is 10.9 Å². The lowest BCUT2D eigenvalue weighted by Gasteiger charge is -2.23. The molecule has 5 nitrogen and oxygen atoms in total. The van der Waals surface area contributed by atoms with Crippen molar-refractivity contribution in [2.45, 2.75) is 25.9 Å². The van der Waals surface area contributed by atoms with Crippen LogP contribution < -0.4 is 5.73 Å². The topological polar surface area (TPSA) is 74.7 Å². The van der Waals surface area contributed by atoms with Crippen molar-refractivity contribution in [1.82, 2.24) is 9.88 Å². The zero-order valence-corrected chi connectivity index (χ0v) is 9.74. The summed E-state index contributed by atoms with van der Waals surface area (Å²) in [4.78, 5) is 6.32. The van der Waals surface area contributed by atoms with Gasteiger partial charge in [-0.25, -0.2) is 4.98 Å². The molecule has 0 bridgehead atoms. The minimum atomic E-state index is 0.225. The van der Waals surface area contributed by atoms with E-state index < -0.39 is 0 Å². The summed E-state index contributed by atoms with van der Waals surface area (Å²) in [5.41, 5.74) is 8.31. The molecule has 0 aromatic carbocycles. The highest BCUT2D eigenvalue weighted by molar-refractivity contribution is 7.07. The molecule has 0 saturated heterocycles. The first kappa shape index (κ1) is 11.9. The van der Waals surface area contributed by atoms with Crippen LogP contribution >= 0.6 is 11.3 Å². The van der Waals surface area contributed by atoms with Crippen molar-refractivity contribution in [3.8, 4) is 0 Å². The van der Waals surface area contributed by atoms with Crippen LogP contribution in [0.3, 0.4) is 0 Å². The van der Waals surface area contributed by atoms with Gasteiger partial charge in [0.25, 0.3) is 0 Å². The second-order valence-electron chi connectivity index (χ2n) is 3.54. The van der Waals surface area contributed by atoms with E-state index in [-0.39, 0.29) is 11.9 Å². The second-order valence-corrected chi connectivity index (χ2v) is 4.26. The first-order chi connectivity index (χ1) is 7.13. The van der Waals surface area contributed by atoms with E-state index >= 15 is 0 Å². The van der Waals surface area contributed by atoms with E-state index in [2.05, 4.69) is 15.0 Å². The number of nitrogens with two attached hydrogens (primary N) is 1. The number of hydrogen-bond donors (Lipinski definition) is 2. The van der Waals surface area contributed by atoms with Gasteiger partial charge in [-0.05, 0) is 14.0 Å². The Balaban J connectivity index is 2.43. The number of amidine groups is 1. The van der Waals surface area contributed by atoms with E-state index in [0.29, 0.717) is 6.42 Å². The van der Waals surface area contributed by atoms with Crippen LogP contribution in [-0.4, -0.2) is 34.0 Å². The predicted molar refractivity (Wildman–Crippen MR) is 61.1 cm³/mol. The molecular formula is C9H16N4OS. The molecule has 0 amide bonds. The van der Waals surface area contributed by atoms with E-state index in [0.717, 1.165) is 12.2 Å². The zero-order valence-electron chi connectivity index (χ0n) is 8.92. The summed E-state index contributed by atoms with van der Waals surface area (Å²) in [7, 11) is 1.99. The fourth-order valence-electron chi connectivity index (χ4n) is 1.23. The fourth-order valence-corrected chi connectivity index (χ4v) is 1.78. The summed E-state index contributed by atoms with van der Waals surface area (Å²) >= 11 is 1.59. The Morgan fingerprint density at radius 1 is 1.80 bits per heavy atom. The summed E-state index contributed by atoms with van der Waals surface area (Å²) < 4.78 is 0. The van der Waals surface area contributed by atoms with Crippen LogP contribution in [0.15, 0.2) is 16.0 Å². The Labute approximate surface area is 93.2 Å². The standard InChI is InChI=1S/C9H16N4OS/c1-7(3-9(10)12-14)13(2)4-8-5-15-6-11-8/h5-7,14H,3-4H2,1-2H3,(H2,10,12). The van der Waals surface area contributed by atoms with Crippen LogP contribution in [-0.2, 0) is 6.54 Å². The molecule has 1 rings (SSSR count). The molecule has 1 aromatic heterocycles. The summed E-state index contributed by atoms with van der Waals surface area (Å²) in [6.45, 7) is 2.81. The fraction of sp³-hybridized carbons (Fsp3) is 0.556. The van der Waals surface area contributed by atoms with Gasteiger partial charge in [0, 0.05) is 24.4 Å². The van der Waals surface area contributed by atoms with Crippen molar-refractivity contribution in [3.05, 3.63) is 16.6 Å². The zero-order chi connectivity index (χ0) is 11.3. The highest BCUT2D eigenvalue weighted by atomic mass is 32.1. The third-order valence-electron chi connectivity index (χ3n) is 2.28. The Bertz CT molecular complexity index is 312. The molecular weight excluding hydrogens is 212 g/mol. The van der Waals surface area contributed by atoms with Gasteiger partial charge in [-0.3, -0.25) is 4.90 Å². The minimum absolute atomic E-state index is 0.225. The largest absolute Gasteiger partial charge is 0.409 e. The average Bonchev–Trinajstić information content (AvgIpc) is 2.70. The Kier molecular flexibility index (Phi) is 4.51. The minimum Gasteiger partial charge on any atom is -0.409 e. The summed E-state index contributed by atoms with van der Waals surface area (Å²) in [6.07, 6.45) is 0.553. The normalized spacial score (nSPS) is 14.5. The number of oxime groups is 1. The SMILES string of the molecule is CC(CC(N)=NO)N(C)Cc1cscn1. The van der Waals surface area contributed by atoms with Crippen LogP contribution in [0.4, 0.5) is 0 Å². The number of thiazole rings is 1. The van der Waals surface area contributed by atoms with Crippen LogP contribution in [0.1, 0.15) is 19.0 Å². The van der Waals surface area contributed by atoms with Crippen molar-refractivity contribution >= 4 is 17.2 Å². The van der Waals surface area contributed by atoms with Gasteiger partial charge in [0.1, 0.15) is 5.84 Å². The first-order valence-corrected chi connectivity index (χ1v) is 5.61. The van der Waals surface area contributed by atoms with E-state index in [1.165, 1.54) is 0 Å². The van der Waals surface area contributed by atoms with Gasteiger partial charge in [-0.1, -0.05) is 5.16 Å². The number of aromatic nitrogens is 1. The average molecular weight is 228 g/mol. The van der Waals surface area contributed by atoms with Gasteiger partial charge in [0.2, 0.25) is 0 Å². The maximum atomic E-state index is 8.46. The van der Waals surface area contributed by atoms with Crippen LogP contribution in [0.5, 0.6) is 0 Å². The molecule has 1 unspecified atom stereocenters. The monoisotopic (exact) mass is 228 g/mol. The van der Waals surface area contributed by atoms with Crippen molar-refractivity contribution in [1.29, 1.82) is 0 Å². The molecule has 1 aromatic rings. The van der Waals surface area contributed by atoms with Gasteiger partial charge in [0.05, 0.1) is 11.2 Å². The molecule has 84 valence electrons. The Morgan fingerprint density at radius 2 is 2.53 bits per heavy atom. The molecule has 0 radical (unpaired) electrons. The maximum Gasteiger partial charge on any atom is 0.140 e. The molecule has 0 spiro atoms.